The average molecular weight is 351 g/mol. The molecule has 0 radical (unpaired) electrons. The second-order valence-electron chi connectivity index (χ2n) is 7.96. The Bertz CT molecular complexity index is 735. The van der Waals surface area contributed by atoms with Gasteiger partial charge in [0, 0.05) is 44.7 Å². The minimum Gasteiger partial charge on any atom is -0.355 e. The fraction of sp³-hybridized carbons (Fsp3) is 0.500. The quantitative estimate of drug-likeness (QED) is 0.472. The van der Waals surface area contributed by atoms with Gasteiger partial charge in [-0.15, -0.1) is 0 Å². The maximum absolute atomic E-state index is 4.64. The number of allylic oxidation sites excluding steroid dienone is 2. The molecule has 2 saturated heterocycles. The number of hydrogen-bond acceptors (Lipinski definition) is 3. The molecule has 0 unspecified atom stereocenters. The van der Waals surface area contributed by atoms with Crippen LogP contribution in [0.2, 0.25) is 0 Å². The third kappa shape index (κ3) is 3.07. The van der Waals surface area contributed by atoms with Crippen molar-refractivity contribution in [2.45, 2.75) is 26.7 Å². The first-order chi connectivity index (χ1) is 12.6. The van der Waals surface area contributed by atoms with Crippen LogP contribution in [0.25, 0.3) is 0 Å². The van der Waals surface area contributed by atoms with E-state index in [1.54, 1.807) is 0 Å². The number of likely N-dealkylation sites (tertiary alicyclic amines) is 1. The van der Waals surface area contributed by atoms with Crippen molar-refractivity contribution >= 4 is 11.5 Å². The van der Waals surface area contributed by atoms with Crippen molar-refractivity contribution in [3.8, 4) is 0 Å². The Kier molecular flexibility index (Phi) is 4.62. The summed E-state index contributed by atoms with van der Waals surface area (Å²) in [5, 5.41) is 5.09. The van der Waals surface area contributed by atoms with Crippen molar-refractivity contribution in [3.05, 3.63) is 54.1 Å². The van der Waals surface area contributed by atoms with Crippen LogP contribution in [-0.2, 0) is 6.42 Å². The highest BCUT2D eigenvalue weighted by Gasteiger charge is 2.54. The lowest BCUT2D eigenvalue weighted by molar-refractivity contribution is -0.0923. The molecule has 1 spiro atoms. The summed E-state index contributed by atoms with van der Waals surface area (Å²) in [7, 11) is 0. The standard InChI is InChI=1S/C22H30N4/c1-4-6-9-21(23-5-2)24-14-22(15-24)16-25(17-22)26-12-7-8-19-13-18(3)10-11-20(19)26/h4,6,9-11,13H,1,5,7-8,12,14-17H2,2-3H3/b9-6-,23-21?. The number of fused-ring (bicyclic) bond motifs is 1. The Morgan fingerprint density at radius 3 is 2.81 bits per heavy atom. The Morgan fingerprint density at radius 1 is 1.27 bits per heavy atom. The monoisotopic (exact) mass is 350 g/mol. The van der Waals surface area contributed by atoms with Crippen molar-refractivity contribution < 1.29 is 0 Å². The Hall–Kier alpha value is -2.07. The summed E-state index contributed by atoms with van der Waals surface area (Å²) in [5.74, 6) is 1.11. The van der Waals surface area contributed by atoms with E-state index in [2.05, 4.69) is 64.6 Å². The molecule has 1 aromatic carbocycles. The summed E-state index contributed by atoms with van der Waals surface area (Å²) in [6.45, 7) is 14.6. The number of aliphatic imine (C=N–C) groups is 1. The van der Waals surface area contributed by atoms with Crippen LogP contribution in [0.4, 0.5) is 5.69 Å². The largest absolute Gasteiger partial charge is 0.355 e. The average Bonchev–Trinajstić information content (AvgIpc) is 2.56. The molecule has 0 saturated carbocycles. The van der Waals surface area contributed by atoms with Crippen molar-refractivity contribution in [3.63, 3.8) is 0 Å². The minimum absolute atomic E-state index is 0.457. The van der Waals surface area contributed by atoms with Gasteiger partial charge in [-0.3, -0.25) is 4.99 Å². The van der Waals surface area contributed by atoms with Crippen molar-refractivity contribution in [2.75, 3.05) is 44.3 Å². The number of rotatable bonds is 4. The van der Waals surface area contributed by atoms with E-state index in [1.807, 2.05) is 12.2 Å². The molecule has 3 heterocycles. The molecule has 138 valence electrons. The predicted molar refractivity (Wildman–Crippen MR) is 110 cm³/mol. The van der Waals surface area contributed by atoms with Gasteiger partial charge in [0.15, 0.2) is 0 Å². The molecule has 3 aliphatic rings. The minimum atomic E-state index is 0.457. The van der Waals surface area contributed by atoms with Gasteiger partial charge in [0.25, 0.3) is 0 Å². The molecule has 26 heavy (non-hydrogen) atoms. The van der Waals surface area contributed by atoms with Crippen LogP contribution in [0.1, 0.15) is 24.5 Å². The van der Waals surface area contributed by atoms with Crippen LogP contribution in [-0.4, -0.2) is 55.0 Å². The Labute approximate surface area is 157 Å². The molecule has 0 bridgehead atoms. The normalized spacial score (nSPS) is 22.3. The maximum Gasteiger partial charge on any atom is 0.123 e. The molecule has 3 aliphatic heterocycles. The van der Waals surface area contributed by atoms with Gasteiger partial charge < -0.3 is 9.91 Å². The van der Waals surface area contributed by atoms with Crippen molar-refractivity contribution in [1.82, 2.24) is 9.91 Å². The van der Waals surface area contributed by atoms with Crippen LogP contribution in [0.3, 0.4) is 0 Å². The number of nitrogens with zero attached hydrogens (tertiary/aromatic N) is 4. The first-order valence-corrected chi connectivity index (χ1v) is 9.84. The van der Waals surface area contributed by atoms with Crippen molar-refractivity contribution in [1.29, 1.82) is 0 Å². The first kappa shape index (κ1) is 17.3. The molecule has 0 amide bonds. The molecule has 0 aromatic heterocycles. The van der Waals surface area contributed by atoms with Crippen LogP contribution < -0.4 is 5.01 Å². The molecule has 0 aliphatic carbocycles. The lowest BCUT2D eigenvalue weighted by Crippen LogP contribution is -2.75. The number of anilines is 1. The number of amidine groups is 1. The number of hydrazine groups is 1. The van der Waals surface area contributed by atoms with Gasteiger partial charge in [-0.05, 0) is 44.4 Å². The van der Waals surface area contributed by atoms with Crippen LogP contribution in [0.15, 0.2) is 48.0 Å². The summed E-state index contributed by atoms with van der Waals surface area (Å²) in [6, 6.07) is 6.92. The third-order valence-corrected chi connectivity index (χ3v) is 5.78. The van der Waals surface area contributed by atoms with Gasteiger partial charge in [-0.25, -0.2) is 5.01 Å². The van der Waals surface area contributed by atoms with Crippen LogP contribution in [0, 0.1) is 12.3 Å². The molecule has 4 heteroatoms. The highest BCUT2D eigenvalue weighted by atomic mass is 15.7. The molecule has 4 rings (SSSR count). The van der Waals surface area contributed by atoms with Gasteiger partial charge in [-0.2, -0.15) is 0 Å². The molecular weight excluding hydrogens is 320 g/mol. The topological polar surface area (TPSA) is 22.1 Å². The maximum atomic E-state index is 4.64. The van der Waals surface area contributed by atoms with E-state index in [9.17, 15) is 0 Å². The van der Waals surface area contributed by atoms with E-state index in [1.165, 1.54) is 42.7 Å². The zero-order valence-electron chi connectivity index (χ0n) is 16.1. The smallest absolute Gasteiger partial charge is 0.123 e. The lowest BCUT2D eigenvalue weighted by Gasteiger charge is -2.63. The molecule has 0 atom stereocenters. The number of aryl methyl sites for hydroxylation is 2. The second kappa shape index (κ2) is 6.92. The Morgan fingerprint density at radius 2 is 2.08 bits per heavy atom. The molecule has 0 N–H and O–H groups in total. The lowest BCUT2D eigenvalue weighted by atomic mass is 9.73. The molecule has 4 nitrogen and oxygen atoms in total. The summed E-state index contributed by atoms with van der Waals surface area (Å²) >= 11 is 0. The van der Waals surface area contributed by atoms with E-state index < -0.39 is 0 Å². The summed E-state index contributed by atoms with van der Waals surface area (Å²) < 4.78 is 0. The fourth-order valence-corrected chi connectivity index (χ4v) is 4.60. The summed E-state index contributed by atoms with van der Waals surface area (Å²) in [5.41, 5.74) is 4.77. The van der Waals surface area contributed by atoms with Gasteiger partial charge in [0.2, 0.25) is 0 Å². The fourth-order valence-electron chi connectivity index (χ4n) is 4.60. The predicted octanol–water partition coefficient (Wildman–Crippen LogP) is 3.44. The van der Waals surface area contributed by atoms with Crippen LogP contribution in [0.5, 0.6) is 0 Å². The van der Waals surface area contributed by atoms with E-state index in [0.29, 0.717) is 5.41 Å². The van der Waals surface area contributed by atoms with Gasteiger partial charge in [0.05, 0.1) is 5.69 Å². The van der Waals surface area contributed by atoms with Crippen molar-refractivity contribution in [2.24, 2.45) is 10.4 Å². The second-order valence-corrected chi connectivity index (χ2v) is 7.96. The summed E-state index contributed by atoms with van der Waals surface area (Å²) in [4.78, 5) is 7.05. The Balaban J connectivity index is 1.38. The van der Waals surface area contributed by atoms with Crippen LogP contribution >= 0.6 is 0 Å². The van der Waals surface area contributed by atoms with Gasteiger partial charge in [-0.1, -0.05) is 36.4 Å². The van der Waals surface area contributed by atoms with E-state index in [4.69, 9.17) is 0 Å². The zero-order valence-corrected chi connectivity index (χ0v) is 16.1. The SMILES string of the molecule is C=C/C=C\C(=NCC)N1CC2(C1)CN(N1CCCc3cc(C)ccc31)C2. The third-order valence-electron chi connectivity index (χ3n) is 5.78. The van der Waals surface area contributed by atoms with E-state index in [0.717, 1.165) is 32.0 Å². The molecule has 1 aromatic rings. The van der Waals surface area contributed by atoms with Gasteiger partial charge in [0.1, 0.15) is 5.84 Å². The summed E-state index contributed by atoms with van der Waals surface area (Å²) in [6.07, 6.45) is 8.36. The highest BCUT2D eigenvalue weighted by Crippen LogP contribution is 2.43. The molecular formula is C22H30N4. The first-order valence-electron chi connectivity index (χ1n) is 9.84. The van der Waals surface area contributed by atoms with Gasteiger partial charge >= 0.3 is 0 Å². The zero-order chi connectivity index (χ0) is 18.1. The molecule has 2 fully saturated rings. The van der Waals surface area contributed by atoms with E-state index >= 15 is 0 Å². The van der Waals surface area contributed by atoms with E-state index in [-0.39, 0.29) is 0 Å². The number of benzene rings is 1. The highest BCUT2D eigenvalue weighted by molar-refractivity contribution is 5.94. The number of hydrogen-bond donors (Lipinski definition) is 0.